The predicted molar refractivity (Wildman–Crippen MR) is 188 cm³/mol. The van der Waals surface area contributed by atoms with E-state index in [4.69, 9.17) is 18.9 Å². The Bertz CT molecular complexity index is 1590. The van der Waals surface area contributed by atoms with Crippen LogP contribution >= 0.6 is 0 Å². The minimum atomic E-state index is -4.84. The zero-order valence-corrected chi connectivity index (χ0v) is 29.9. The summed E-state index contributed by atoms with van der Waals surface area (Å²) in [5.41, 5.74) is 0.295. The molecular weight excluding hydrogens is 648 g/mol. The quantitative estimate of drug-likeness (QED) is 0.0492. The van der Waals surface area contributed by atoms with Crippen LogP contribution in [-0.2, 0) is 10.1 Å². The Morgan fingerprint density at radius 3 is 1.82 bits per heavy atom. The van der Waals surface area contributed by atoms with E-state index in [1.807, 2.05) is 0 Å². The van der Waals surface area contributed by atoms with Crippen molar-refractivity contribution in [2.45, 2.75) is 95.8 Å². The molecule has 0 bridgehead atoms. The molecule has 0 radical (unpaired) electrons. The summed E-state index contributed by atoms with van der Waals surface area (Å²) in [5.74, 6) is 0.283. The van der Waals surface area contributed by atoms with Gasteiger partial charge in [-0.1, -0.05) is 108 Å². The molecule has 0 heterocycles. The van der Waals surface area contributed by atoms with Crippen molar-refractivity contribution in [2.75, 3.05) is 27.4 Å². The number of ketones is 1. The lowest BCUT2D eigenvalue weighted by atomic mass is 10.0. The molecule has 3 aromatic rings. The summed E-state index contributed by atoms with van der Waals surface area (Å²) in [6.45, 7) is 5.71. The highest BCUT2D eigenvalue weighted by molar-refractivity contribution is 7.85. The van der Waals surface area contributed by atoms with Crippen molar-refractivity contribution in [3.05, 3.63) is 70.7 Å². The molecule has 1 N–H and O–H groups in total. The first-order chi connectivity index (χ1) is 23.6. The molecule has 49 heavy (non-hydrogen) atoms. The first-order valence-electron chi connectivity index (χ1n) is 16.9. The largest absolute Gasteiger partial charge is 0.744 e. The van der Waals surface area contributed by atoms with Crippen LogP contribution in [0.4, 0.5) is 5.69 Å². The molecule has 268 valence electrons. The maximum Gasteiger partial charge on any atom is 0.467 e. The maximum atomic E-state index is 12.2. The normalized spacial score (nSPS) is 10.8. The number of nitrogens with zero attached hydrogens (tertiary/aromatic N) is 2. The summed E-state index contributed by atoms with van der Waals surface area (Å²) >= 11 is 0. The Morgan fingerprint density at radius 1 is 0.755 bits per heavy atom. The van der Waals surface area contributed by atoms with Crippen LogP contribution in [0, 0.1) is 5.39 Å². The number of ether oxygens (including phenoxy) is 4. The number of unbranched alkanes of at least 4 members (excludes halogenated alkanes) is 10. The Labute approximate surface area is 290 Å². The van der Waals surface area contributed by atoms with E-state index >= 15 is 0 Å². The molecule has 0 saturated carbocycles. The van der Waals surface area contributed by atoms with Crippen LogP contribution in [0.3, 0.4) is 0 Å². The van der Waals surface area contributed by atoms with Gasteiger partial charge in [0.1, 0.15) is 27.4 Å². The Morgan fingerprint density at radius 2 is 1.29 bits per heavy atom. The molecular formula is C37H50N2O9S. The van der Waals surface area contributed by atoms with Gasteiger partial charge in [-0.15, -0.1) is 0 Å². The highest BCUT2D eigenvalue weighted by Gasteiger charge is 2.25. The molecule has 0 atom stereocenters. The average Bonchev–Trinajstić information content (AvgIpc) is 3.10. The van der Waals surface area contributed by atoms with Gasteiger partial charge in [-0.2, -0.15) is 0 Å². The monoisotopic (exact) mass is 698 g/mol. The number of hydrogen-bond donors (Lipinski definition) is 1. The number of phenolic OH excluding ortho intramolecular Hbond substituents is 1. The van der Waals surface area contributed by atoms with Crippen LogP contribution in [-0.4, -0.2) is 51.3 Å². The Hall–Kier alpha value is -4.34. The van der Waals surface area contributed by atoms with Crippen molar-refractivity contribution in [1.82, 2.24) is 0 Å². The van der Waals surface area contributed by atoms with Gasteiger partial charge in [0.2, 0.25) is 16.9 Å². The van der Waals surface area contributed by atoms with E-state index in [-0.39, 0.29) is 16.9 Å². The van der Waals surface area contributed by atoms with E-state index in [0.29, 0.717) is 36.1 Å². The van der Waals surface area contributed by atoms with Crippen molar-refractivity contribution < 1.29 is 41.8 Å². The number of hydrogen-bond acceptors (Lipinski definition) is 10. The maximum absolute atomic E-state index is 12.2. The summed E-state index contributed by atoms with van der Waals surface area (Å²) in [6.07, 6.45) is 14.5. The number of benzene rings is 3. The SMILES string of the molecule is CCCCCCCCOc1cc(OC)c([N+]#N)c(OCCCCCCCC)c1.COc1cc(O)c(C(=O)c2ccccc2)cc1S(=O)(=O)[O-]. The first-order valence-corrected chi connectivity index (χ1v) is 18.3. The molecule has 0 aliphatic carbocycles. The van der Waals surface area contributed by atoms with Crippen molar-refractivity contribution in [1.29, 1.82) is 5.39 Å². The highest BCUT2D eigenvalue weighted by atomic mass is 32.2. The van der Waals surface area contributed by atoms with E-state index in [0.717, 1.165) is 38.5 Å². The number of carbonyl (C=O) groups is 1. The molecule has 3 aromatic carbocycles. The van der Waals surface area contributed by atoms with Crippen LogP contribution in [0.25, 0.3) is 4.98 Å². The van der Waals surface area contributed by atoms with E-state index < -0.39 is 26.5 Å². The highest BCUT2D eigenvalue weighted by Crippen LogP contribution is 2.41. The zero-order valence-electron chi connectivity index (χ0n) is 29.1. The number of phenols is 1. The lowest BCUT2D eigenvalue weighted by Crippen LogP contribution is -2.07. The number of diazo groups is 1. The van der Waals surface area contributed by atoms with Crippen molar-refractivity contribution in [3.8, 4) is 28.7 Å². The molecule has 0 unspecified atom stereocenters. The van der Waals surface area contributed by atoms with E-state index in [2.05, 4.69) is 18.8 Å². The Balaban J connectivity index is 0.000000353. The molecule has 0 aliphatic heterocycles. The van der Waals surface area contributed by atoms with Gasteiger partial charge >= 0.3 is 5.69 Å². The van der Waals surface area contributed by atoms with Crippen LogP contribution in [0.2, 0.25) is 0 Å². The molecule has 0 aliphatic rings. The third-order valence-corrected chi connectivity index (χ3v) is 8.55. The third-order valence-electron chi connectivity index (χ3n) is 7.69. The smallest absolute Gasteiger partial charge is 0.467 e. The molecule has 0 fully saturated rings. The topological polar surface area (TPSA) is 160 Å². The standard InChI is InChI=1S/C23H39N2O3.C14H12O6S/c1-4-6-8-10-12-14-16-27-20-18-21(26-3)23(25-24)22(19-20)28-17-15-13-11-9-7-5-2;1-20-12-8-11(15)10(7-13(12)21(17,18)19)14(16)9-5-3-2-4-6-9/h18-19H,4-17H2,1-3H3;2-8,15H,1H3,(H,17,18,19)/q+1;/p-1. The molecule has 0 saturated heterocycles. The molecule has 0 spiro atoms. The first kappa shape index (κ1) is 40.8. The van der Waals surface area contributed by atoms with Crippen molar-refractivity contribution >= 4 is 21.6 Å². The van der Waals surface area contributed by atoms with Crippen LogP contribution in [0.1, 0.15) is 107 Å². The second-order valence-corrected chi connectivity index (χ2v) is 12.8. The second-order valence-electron chi connectivity index (χ2n) is 11.5. The van der Waals surface area contributed by atoms with Crippen LogP contribution in [0.15, 0.2) is 59.5 Å². The fourth-order valence-electron chi connectivity index (χ4n) is 4.97. The number of methoxy groups -OCH3 is 2. The molecule has 11 nitrogen and oxygen atoms in total. The number of carbonyl (C=O) groups excluding carboxylic acids is 1. The van der Waals surface area contributed by atoms with Gasteiger partial charge in [0.15, 0.2) is 10.8 Å². The van der Waals surface area contributed by atoms with Gasteiger partial charge in [0, 0.05) is 23.8 Å². The summed E-state index contributed by atoms with van der Waals surface area (Å²) in [6, 6.07) is 13.3. The van der Waals surface area contributed by atoms with E-state index in [1.165, 1.54) is 69.9 Å². The fourth-order valence-corrected chi connectivity index (χ4v) is 5.62. The summed E-state index contributed by atoms with van der Waals surface area (Å²) in [5, 5.41) is 19.2. The van der Waals surface area contributed by atoms with Crippen molar-refractivity contribution in [3.63, 3.8) is 0 Å². The summed E-state index contributed by atoms with van der Waals surface area (Å²) in [4.78, 5) is 14.9. The molecule has 0 aromatic heterocycles. The second kappa shape index (κ2) is 22.3. The molecule has 3 rings (SSSR count). The van der Waals surface area contributed by atoms with Gasteiger partial charge in [0.25, 0.3) is 0 Å². The molecule has 12 heteroatoms. The van der Waals surface area contributed by atoms with Crippen LogP contribution < -0.4 is 18.9 Å². The van der Waals surface area contributed by atoms with Crippen molar-refractivity contribution in [2.24, 2.45) is 0 Å². The minimum Gasteiger partial charge on any atom is -0.744 e. The lowest BCUT2D eigenvalue weighted by Gasteiger charge is -2.14. The summed E-state index contributed by atoms with van der Waals surface area (Å²) < 4.78 is 55.5. The van der Waals surface area contributed by atoms with E-state index in [9.17, 15) is 28.3 Å². The van der Waals surface area contributed by atoms with Gasteiger partial charge in [-0.05, 0) is 18.9 Å². The third kappa shape index (κ3) is 14.0. The minimum absolute atomic E-state index is 0.257. The number of aromatic hydroxyl groups is 1. The number of rotatable bonds is 21. The average molecular weight is 699 g/mol. The lowest BCUT2D eigenvalue weighted by molar-refractivity contribution is 0.103. The van der Waals surface area contributed by atoms with Gasteiger partial charge < -0.3 is 28.6 Å². The zero-order chi connectivity index (χ0) is 36.1. The summed E-state index contributed by atoms with van der Waals surface area (Å²) in [7, 11) is -2.13. The van der Waals surface area contributed by atoms with Crippen LogP contribution in [0.5, 0.6) is 28.7 Å². The van der Waals surface area contributed by atoms with Gasteiger partial charge in [0.05, 0.1) is 37.9 Å². The fraction of sp³-hybridized carbons (Fsp3) is 0.486. The van der Waals surface area contributed by atoms with Gasteiger partial charge in [-0.25, -0.2) is 8.42 Å². The predicted octanol–water partition coefficient (Wildman–Crippen LogP) is 9.19. The van der Waals surface area contributed by atoms with E-state index in [1.54, 1.807) is 37.4 Å². The Kier molecular flexibility index (Phi) is 18.6. The molecule has 0 amide bonds. The van der Waals surface area contributed by atoms with Gasteiger partial charge in [-0.3, -0.25) is 4.79 Å².